The average Bonchev–Trinajstić information content (AvgIpc) is 2.59. The van der Waals surface area contributed by atoms with Gasteiger partial charge in [-0.25, -0.2) is 0 Å². The maximum Gasteiger partial charge on any atom is 0.258 e. The van der Waals surface area contributed by atoms with E-state index in [9.17, 15) is 9.59 Å². The second-order valence-corrected chi connectivity index (χ2v) is 4.88. The molecule has 0 bridgehead atoms. The van der Waals surface area contributed by atoms with E-state index >= 15 is 0 Å². The predicted molar refractivity (Wildman–Crippen MR) is 89.1 cm³/mol. The number of amides is 2. The Morgan fingerprint density at radius 2 is 1.61 bits per heavy atom. The number of hydrogen-bond donors (Lipinski definition) is 2. The Bertz CT molecular complexity index is 656. The SMILES string of the molecule is CCNC(=O)CNC(=O)COc1ccccc1-c1ccccc1. The molecule has 2 rings (SSSR count). The molecule has 0 saturated carbocycles. The molecular weight excluding hydrogens is 292 g/mol. The number of benzene rings is 2. The molecule has 2 N–H and O–H groups in total. The molecule has 0 aromatic heterocycles. The van der Waals surface area contributed by atoms with Crippen molar-refractivity contribution in [2.24, 2.45) is 0 Å². The van der Waals surface area contributed by atoms with Gasteiger partial charge in [0.1, 0.15) is 5.75 Å². The van der Waals surface area contributed by atoms with Crippen molar-refractivity contribution in [1.29, 1.82) is 0 Å². The second-order valence-electron chi connectivity index (χ2n) is 4.88. The van der Waals surface area contributed by atoms with Crippen LogP contribution in [0.4, 0.5) is 0 Å². The fourth-order valence-corrected chi connectivity index (χ4v) is 2.08. The summed E-state index contributed by atoms with van der Waals surface area (Å²) in [5, 5.41) is 5.13. The number of likely N-dealkylation sites (N-methyl/N-ethyl adjacent to an activating group) is 1. The lowest BCUT2D eigenvalue weighted by atomic mass is 10.1. The number of ether oxygens (including phenoxy) is 1. The zero-order valence-electron chi connectivity index (χ0n) is 13.0. The van der Waals surface area contributed by atoms with Gasteiger partial charge in [-0.15, -0.1) is 0 Å². The third-order valence-electron chi connectivity index (χ3n) is 3.15. The molecule has 5 nitrogen and oxygen atoms in total. The minimum atomic E-state index is -0.334. The smallest absolute Gasteiger partial charge is 0.258 e. The molecule has 0 heterocycles. The van der Waals surface area contributed by atoms with E-state index in [2.05, 4.69) is 10.6 Å². The summed E-state index contributed by atoms with van der Waals surface area (Å²) >= 11 is 0. The van der Waals surface area contributed by atoms with Gasteiger partial charge in [-0.05, 0) is 18.6 Å². The monoisotopic (exact) mass is 312 g/mol. The zero-order chi connectivity index (χ0) is 16.5. The summed E-state index contributed by atoms with van der Waals surface area (Å²) in [6.45, 7) is 2.18. The van der Waals surface area contributed by atoms with Gasteiger partial charge in [0, 0.05) is 12.1 Å². The first-order valence-corrected chi connectivity index (χ1v) is 7.51. The molecule has 23 heavy (non-hydrogen) atoms. The molecule has 0 aliphatic carbocycles. The number of rotatable bonds is 7. The van der Waals surface area contributed by atoms with Gasteiger partial charge in [0.15, 0.2) is 6.61 Å². The summed E-state index contributed by atoms with van der Waals surface area (Å²) in [5.41, 5.74) is 1.94. The minimum Gasteiger partial charge on any atom is -0.483 e. The van der Waals surface area contributed by atoms with E-state index in [4.69, 9.17) is 4.74 Å². The highest BCUT2D eigenvalue weighted by atomic mass is 16.5. The molecule has 0 aliphatic heterocycles. The van der Waals surface area contributed by atoms with Gasteiger partial charge >= 0.3 is 0 Å². The van der Waals surface area contributed by atoms with Crippen molar-refractivity contribution in [3.8, 4) is 16.9 Å². The van der Waals surface area contributed by atoms with Crippen molar-refractivity contribution in [1.82, 2.24) is 10.6 Å². The number of carbonyl (C=O) groups excluding carboxylic acids is 2. The molecule has 5 heteroatoms. The van der Waals surface area contributed by atoms with Gasteiger partial charge in [0.05, 0.1) is 6.54 Å². The van der Waals surface area contributed by atoms with Crippen LogP contribution < -0.4 is 15.4 Å². The van der Waals surface area contributed by atoms with Crippen molar-refractivity contribution in [2.75, 3.05) is 19.7 Å². The fourth-order valence-electron chi connectivity index (χ4n) is 2.08. The Kier molecular flexibility index (Phi) is 6.17. The molecule has 2 aromatic rings. The van der Waals surface area contributed by atoms with Crippen LogP contribution in [-0.4, -0.2) is 31.5 Å². The van der Waals surface area contributed by atoms with Crippen molar-refractivity contribution in [3.05, 3.63) is 54.6 Å². The number of carbonyl (C=O) groups is 2. The average molecular weight is 312 g/mol. The van der Waals surface area contributed by atoms with Gasteiger partial charge in [-0.1, -0.05) is 48.5 Å². The molecule has 2 amide bonds. The molecule has 0 radical (unpaired) electrons. The Morgan fingerprint density at radius 1 is 0.913 bits per heavy atom. The summed E-state index contributed by atoms with van der Waals surface area (Å²) in [7, 11) is 0. The Balaban J connectivity index is 1.94. The van der Waals surface area contributed by atoms with Gasteiger partial charge in [0.2, 0.25) is 5.91 Å². The largest absolute Gasteiger partial charge is 0.483 e. The molecule has 0 spiro atoms. The van der Waals surface area contributed by atoms with Crippen LogP contribution in [0.25, 0.3) is 11.1 Å². The van der Waals surface area contributed by atoms with Crippen LogP contribution in [0.3, 0.4) is 0 Å². The molecule has 0 unspecified atom stereocenters. The Labute approximate surface area is 135 Å². The van der Waals surface area contributed by atoms with Crippen LogP contribution in [0, 0.1) is 0 Å². The van der Waals surface area contributed by atoms with Crippen LogP contribution in [0.5, 0.6) is 5.75 Å². The summed E-state index contributed by atoms with van der Waals surface area (Å²) < 4.78 is 5.60. The van der Waals surface area contributed by atoms with E-state index in [1.54, 1.807) is 0 Å². The lowest BCUT2D eigenvalue weighted by Gasteiger charge is -2.11. The summed E-state index contributed by atoms with van der Waals surface area (Å²) in [5.74, 6) is 0.0801. The first-order valence-electron chi connectivity index (χ1n) is 7.51. The topological polar surface area (TPSA) is 67.4 Å². The normalized spacial score (nSPS) is 9.96. The zero-order valence-corrected chi connectivity index (χ0v) is 13.0. The van der Waals surface area contributed by atoms with Gasteiger partial charge in [-0.3, -0.25) is 9.59 Å². The molecule has 120 valence electrons. The highest BCUT2D eigenvalue weighted by Gasteiger charge is 2.09. The van der Waals surface area contributed by atoms with E-state index < -0.39 is 0 Å². The predicted octanol–water partition coefficient (Wildman–Crippen LogP) is 1.98. The van der Waals surface area contributed by atoms with E-state index in [-0.39, 0.29) is 25.0 Å². The first-order chi connectivity index (χ1) is 11.2. The quantitative estimate of drug-likeness (QED) is 0.821. The Morgan fingerprint density at radius 3 is 2.35 bits per heavy atom. The van der Waals surface area contributed by atoms with E-state index in [1.165, 1.54) is 0 Å². The maximum absolute atomic E-state index is 11.8. The lowest BCUT2D eigenvalue weighted by molar-refractivity contribution is -0.127. The van der Waals surface area contributed by atoms with E-state index in [1.807, 2.05) is 61.5 Å². The first kappa shape index (κ1) is 16.5. The number of para-hydroxylation sites is 1. The van der Waals surface area contributed by atoms with Crippen molar-refractivity contribution >= 4 is 11.8 Å². The fraction of sp³-hybridized carbons (Fsp3) is 0.222. The maximum atomic E-state index is 11.8. The van der Waals surface area contributed by atoms with Crippen molar-refractivity contribution in [3.63, 3.8) is 0 Å². The standard InChI is InChI=1S/C18H20N2O3/c1-2-19-17(21)12-20-18(22)13-23-16-11-7-6-10-15(16)14-8-4-3-5-9-14/h3-11H,2,12-13H2,1H3,(H,19,21)(H,20,22). The number of hydrogen-bond acceptors (Lipinski definition) is 3. The molecular formula is C18H20N2O3. The minimum absolute atomic E-state index is 0.0453. The van der Waals surface area contributed by atoms with Crippen LogP contribution in [0.2, 0.25) is 0 Å². The van der Waals surface area contributed by atoms with Crippen LogP contribution in [0.1, 0.15) is 6.92 Å². The van der Waals surface area contributed by atoms with Crippen LogP contribution >= 0.6 is 0 Å². The Hall–Kier alpha value is -2.82. The molecule has 0 aliphatic rings. The highest BCUT2D eigenvalue weighted by molar-refractivity contribution is 5.85. The number of nitrogens with one attached hydrogen (secondary N) is 2. The summed E-state index contributed by atoms with van der Waals surface area (Å²) in [4.78, 5) is 23.1. The lowest BCUT2D eigenvalue weighted by Crippen LogP contribution is -2.38. The molecule has 0 atom stereocenters. The van der Waals surface area contributed by atoms with Gasteiger partial charge in [0.25, 0.3) is 5.91 Å². The summed E-state index contributed by atoms with van der Waals surface area (Å²) in [6, 6.07) is 17.3. The van der Waals surface area contributed by atoms with Crippen LogP contribution in [0.15, 0.2) is 54.6 Å². The molecule has 0 fully saturated rings. The van der Waals surface area contributed by atoms with Gasteiger partial charge < -0.3 is 15.4 Å². The second kappa shape index (κ2) is 8.58. The highest BCUT2D eigenvalue weighted by Crippen LogP contribution is 2.29. The third kappa shape index (κ3) is 5.14. The van der Waals surface area contributed by atoms with Crippen molar-refractivity contribution in [2.45, 2.75) is 6.92 Å². The van der Waals surface area contributed by atoms with E-state index in [0.29, 0.717) is 12.3 Å². The molecule has 0 saturated heterocycles. The van der Waals surface area contributed by atoms with E-state index in [0.717, 1.165) is 11.1 Å². The van der Waals surface area contributed by atoms with Crippen LogP contribution in [-0.2, 0) is 9.59 Å². The van der Waals surface area contributed by atoms with Gasteiger partial charge in [-0.2, -0.15) is 0 Å². The summed E-state index contributed by atoms with van der Waals surface area (Å²) in [6.07, 6.45) is 0. The van der Waals surface area contributed by atoms with Crippen molar-refractivity contribution < 1.29 is 14.3 Å². The third-order valence-corrected chi connectivity index (χ3v) is 3.15. The molecule has 2 aromatic carbocycles.